The van der Waals surface area contributed by atoms with E-state index in [1.807, 2.05) is 0 Å². The van der Waals surface area contributed by atoms with E-state index in [1.165, 1.54) is 141 Å². The van der Waals surface area contributed by atoms with E-state index >= 15 is 0 Å². The lowest BCUT2D eigenvalue weighted by molar-refractivity contribution is 0.392. The molecule has 0 bridgehead atoms. The minimum Gasteiger partial charge on any atom is -0.121 e. The second-order valence-corrected chi connectivity index (χ2v) is 9.38. The van der Waals surface area contributed by atoms with Gasteiger partial charge in [-0.05, 0) is 5.92 Å². The molecular formula is C26H53B3. The van der Waals surface area contributed by atoms with Gasteiger partial charge >= 0.3 is 0 Å². The molecule has 4 radical (unpaired) electrons. The largest absolute Gasteiger partial charge is 0.121 e. The molecule has 0 aromatic carbocycles. The number of rotatable bonds is 25. The Hall–Kier alpha value is 0.195. The maximum absolute atomic E-state index is 5.59. The van der Waals surface area contributed by atoms with E-state index in [2.05, 4.69) is 28.2 Å². The molecule has 0 amide bonds. The predicted molar refractivity (Wildman–Crippen MR) is 139 cm³/mol. The van der Waals surface area contributed by atoms with Crippen molar-refractivity contribution in [1.82, 2.24) is 0 Å². The third-order valence-corrected chi connectivity index (χ3v) is 6.48. The van der Waals surface area contributed by atoms with Crippen LogP contribution in [0.15, 0.2) is 0 Å². The van der Waals surface area contributed by atoms with E-state index < -0.39 is 0 Å². The van der Waals surface area contributed by atoms with Crippen LogP contribution < -0.4 is 0 Å². The molecule has 29 heavy (non-hydrogen) atoms. The molecule has 0 aliphatic rings. The summed E-state index contributed by atoms with van der Waals surface area (Å²) in [5.74, 6) is 0.951. The topological polar surface area (TPSA) is 0 Å². The van der Waals surface area contributed by atoms with Gasteiger partial charge in [-0.2, -0.15) is 0 Å². The highest BCUT2D eigenvalue weighted by Crippen LogP contribution is 2.23. The molecule has 0 N–H and O–H groups in total. The smallest absolute Gasteiger partial charge is 0.0643 e. The van der Waals surface area contributed by atoms with Crippen molar-refractivity contribution < 1.29 is 0 Å². The predicted octanol–water partition coefficient (Wildman–Crippen LogP) is 9.12. The van der Waals surface area contributed by atoms with Gasteiger partial charge in [0.2, 0.25) is 0 Å². The van der Waals surface area contributed by atoms with Crippen LogP contribution >= 0.6 is 0 Å². The lowest BCUT2D eigenvalue weighted by Gasteiger charge is -2.17. The molecule has 0 rings (SSSR count). The Labute approximate surface area is 189 Å². The quantitative estimate of drug-likeness (QED) is 0.106. The summed E-state index contributed by atoms with van der Waals surface area (Å²) >= 11 is 0. The summed E-state index contributed by atoms with van der Waals surface area (Å²) in [6.07, 6.45) is 32.3. The van der Waals surface area contributed by atoms with Crippen molar-refractivity contribution in [1.29, 1.82) is 0 Å². The molecule has 0 spiro atoms. The SMILES string of the molecule is [B]C[B][B]CCC(CCCCCCCCCC)CCCCCCCCCCCC. The minimum absolute atomic E-state index is 0.696. The Morgan fingerprint density at radius 2 is 0.862 bits per heavy atom. The zero-order valence-corrected chi connectivity index (χ0v) is 20.6. The minimum atomic E-state index is 0.696. The molecule has 0 aromatic rings. The van der Waals surface area contributed by atoms with Crippen molar-refractivity contribution in [2.24, 2.45) is 5.92 Å². The van der Waals surface area contributed by atoms with Gasteiger partial charge in [0.15, 0.2) is 0 Å². The lowest BCUT2D eigenvalue weighted by Crippen LogP contribution is -2.07. The van der Waals surface area contributed by atoms with Crippen LogP contribution in [0.3, 0.4) is 0 Å². The van der Waals surface area contributed by atoms with Gasteiger partial charge in [0, 0.05) is 0 Å². The molecule has 0 saturated heterocycles. The van der Waals surface area contributed by atoms with Crippen LogP contribution in [0.4, 0.5) is 0 Å². The monoisotopic (exact) mass is 398 g/mol. The Morgan fingerprint density at radius 1 is 0.483 bits per heavy atom. The van der Waals surface area contributed by atoms with Crippen LogP contribution in [0.2, 0.25) is 12.5 Å². The Morgan fingerprint density at radius 3 is 1.24 bits per heavy atom. The van der Waals surface area contributed by atoms with Gasteiger partial charge in [-0.3, -0.25) is 0 Å². The highest BCUT2D eigenvalue weighted by atomic mass is 14.1. The molecular weight excluding hydrogens is 345 g/mol. The van der Waals surface area contributed by atoms with Crippen molar-refractivity contribution in [2.45, 2.75) is 161 Å². The lowest BCUT2D eigenvalue weighted by atomic mass is 9.34. The summed E-state index contributed by atoms with van der Waals surface area (Å²) in [4.78, 5) is 0. The van der Waals surface area contributed by atoms with E-state index in [4.69, 9.17) is 7.85 Å². The second kappa shape index (κ2) is 26.2. The van der Waals surface area contributed by atoms with Crippen LogP contribution in [0, 0.1) is 5.92 Å². The van der Waals surface area contributed by atoms with Crippen LogP contribution in [-0.2, 0) is 0 Å². The molecule has 0 aliphatic carbocycles. The normalized spacial score (nSPS) is 12.2. The highest BCUT2D eigenvalue weighted by Gasteiger charge is 2.09. The van der Waals surface area contributed by atoms with Crippen LogP contribution in [0.5, 0.6) is 0 Å². The van der Waals surface area contributed by atoms with Gasteiger partial charge in [-0.15, -0.1) is 6.22 Å². The number of hydrogen-bond donors (Lipinski definition) is 0. The standard InChI is InChI=1S/C26H53B3/c1-3-5-7-9-11-13-14-16-18-20-22-26(23-24-28-29-25-27)21-19-17-15-12-10-8-6-4-2/h26H,3-25H2,1-2H3. The Bertz CT molecular complexity index is 283. The summed E-state index contributed by atoms with van der Waals surface area (Å²) < 4.78 is 0. The van der Waals surface area contributed by atoms with E-state index in [1.54, 1.807) is 0 Å². The number of unbranched alkanes of at least 4 members (excludes halogenated alkanes) is 16. The number of hydrogen-bond acceptors (Lipinski definition) is 0. The second-order valence-electron chi connectivity index (χ2n) is 9.38. The maximum atomic E-state index is 5.59. The maximum Gasteiger partial charge on any atom is 0.0643 e. The van der Waals surface area contributed by atoms with Crippen molar-refractivity contribution in [3.05, 3.63) is 0 Å². The first-order chi connectivity index (χ1) is 14.3. The molecule has 166 valence electrons. The van der Waals surface area contributed by atoms with Gasteiger partial charge in [-0.25, -0.2) is 0 Å². The zero-order chi connectivity index (χ0) is 21.3. The molecule has 3 heteroatoms. The first kappa shape index (κ1) is 29.2. The fraction of sp³-hybridized carbons (Fsp3) is 1.00. The van der Waals surface area contributed by atoms with Gasteiger partial charge in [0.25, 0.3) is 0 Å². The summed E-state index contributed by atoms with van der Waals surface area (Å²) in [5, 5.41) is 0. The van der Waals surface area contributed by atoms with Crippen molar-refractivity contribution >= 4 is 22.2 Å². The van der Waals surface area contributed by atoms with Gasteiger partial charge in [0.1, 0.15) is 0 Å². The zero-order valence-electron chi connectivity index (χ0n) is 20.6. The summed E-state index contributed by atoms with van der Waals surface area (Å²) in [6, 6.07) is 0. The molecule has 0 aromatic heterocycles. The molecule has 1 unspecified atom stereocenters. The van der Waals surface area contributed by atoms with Crippen LogP contribution in [0.1, 0.15) is 149 Å². The van der Waals surface area contributed by atoms with Crippen molar-refractivity contribution in [2.75, 3.05) is 0 Å². The molecule has 0 heterocycles. The van der Waals surface area contributed by atoms with Gasteiger partial charge in [-0.1, -0.05) is 155 Å². The van der Waals surface area contributed by atoms with Crippen molar-refractivity contribution in [3.63, 3.8) is 0 Å². The Balaban J connectivity index is 3.68. The van der Waals surface area contributed by atoms with Crippen LogP contribution in [0.25, 0.3) is 0 Å². The fourth-order valence-electron chi connectivity index (χ4n) is 4.47. The summed E-state index contributed by atoms with van der Waals surface area (Å²) in [7, 11) is 10.0. The average Bonchev–Trinajstić information content (AvgIpc) is 2.73. The summed E-state index contributed by atoms with van der Waals surface area (Å²) in [5.41, 5.74) is 0. The first-order valence-corrected chi connectivity index (χ1v) is 13.7. The molecule has 0 aliphatic heterocycles. The van der Waals surface area contributed by atoms with Gasteiger partial charge < -0.3 is 0 Å². The van der Waals surface area contributed by atoms with Crippen LogP contribution in [-0.4, -0.2) is 22.2 Å². The fourth-order valence-corrected chi connectivity index (χ4v) is 4.47. The Kier molecular flexibility index (Phi) is 26.4. The van der Waals surface area contributed by atoms with E-state index in [0.29, 0.717) is 6.22 Å². The molecule has 1 atom stereocenters. The van der Waals surface area contributed by atoms with E-state index in [9.17, 15) is 0 Å². The third kappa shape index (κ3) is 24.3. The van der Waals surface area contributed by atoms with Gasteiger partial charge in [0.05, 0.1) is 22.2 Å². The van der Waals surface area contributed by atoms with Crippen molar-refractivity contribution in [3.8, 4) is 0 Å². The highest BCUT2D eigenvalue weighted by molar-refractivity contribution is 7.02. The van der Waals surface area contributed by atoms with E-state index in [0.717, 1.165) is 5.92 Å². The third-order valence-electron chi connectivity index (χ3n) is 6.48. The summed E-state index contributed by atoms with van der Waals surface area (Å²) in [6.45, 7) is 4.61. The average molecular weight is 398 g/mol. The molecule has 0 nitrogen and oxygen atoms in total. The van der Waals surface area contributed by atoms with E-state index in [-0.39, 0.29) is 0 Å². The molecule has 0 saturated carbocycles. The molecule has 0 fully saturated rings. The first-order valence-electron chi connectivity index (χ1n) is 13.7.